The van der Waals surface area contributed by atoms with E-state index in [2.05, 4.69) is 21.2 Å². The second kappa shape index (κ2) is 6.21. The maximum Gasteiger partial charge on any atom is 0.391 e. The van der Waals surface area contributed by atoms with Crippen LogP contribution < -0.4 is 5.32 Å². The van der Waals surface area contributed by atoms with Gasteiger partial charge in [0, 0.05) is 10.6 Å². The first-order chi connectivity index (χ1) is 9.12. The summed E-state index contributed by atoms with van der Waals surface area (Å²) in [5, 5.41) is 12.7. The number of anilines is 1. The van der Waals surface area contributed by atoms with Gasteiger partial charge in [0.25, 0.3) is 0 Å². The van der Waals surface area contributed by atoms with Gasteiger partial charge in [0.15, 0.2) is 4.32 Å². The van der Waals surface area contributed by atoms with Gasteiger partial charge in [-0.3, -0.25) is 14.9 Å². The number of benzene rings is 1. The molecule has 0 aliphatic carbocycles. The maximum atomic E-state index is 12.5. The average Bonchev–Trinajstić information content (AvgIpc) is 2.26. The number of nitrogens with zero attached hydrogens (tertiary/aromatic N) is 1. The number of nitrogens with one attached hydrogen (secondary N) is 1. The maximum absolute atomic E-state index is 12.5. The minimum Gasteiger partial charge on any atom is -0.325 e. The molecule has 9 heteroatoms. The van der Waals surface area contributed by atoms with Crippen LogP contribution in [0, 0.1) is 10.1 Å². The van der Waals surface area contributed by atoms with Crippen molar-refractivity contribution in [3.63, 3.8) is 0 Å². The highest BCUT2D eigenvalue weighted by molar-refractivity contribution is 9.10. The van der Waals surface area contributed by atoms with Crippen LogP contribution in [0.5, 0.6) is 0 Å². The molecule has 0 heterocycles. The molecule has 1 atom stereocenters. The molecule has 1 rings (SSSR count). The van der Waals surface area contributed by atoms with Crippen molar-refractivity contribution < 1.29 is 22.9 Å². The second-order valence-corrected chi connectivity index (χ2v) is 5.59. The lowest BCUT2D eigenvalue weighted by Gasteiger charge is -2.23. The van der Waals surface area contributed by atoms with E-state index < -0.39 is 34.3 Å². The SMILES string of the molecule is O=C(Nc1ccccc1)C(Br)(C[N+](=O)[O-])CC(F)(F)F. The van der Waals surface area contributed by atoms with Gasteiger partial charge in [0.1, 0.15) is 0 Å². The van der Waals surface area contributed by atoms with Gasteiger partial charge in [-0.15, -0.1) is 0 Å². The number of carbonyl (C=O) groups excluding carboxylic acids is 1. The zero-order valence-electron chi connectivity index (χ0n) is 9.98. The molecule has 20 heavy (non-hydrogen) atoms. The molecule has 1 N–H and O–H groups in total. The first kappa shape index (κ1) is 16.4. The van der Waals surface area contributed by atoms with Crippen molar-refractivity contribution in [2.75, 3.05) is 11.9 Å². The van der Waals surface area contributed by atoms with Crippen molar-refractivity contribution in [3.05, 3.63) is 40.4 Å². The molecule has 5 nitrogen and oxygen atoms in total. The van der Waals surface area contributed by atoms with Gasteiger partial charge in [-0.2, -0.15) is 13.2 Å². The first-order valence-corrected chi connectivity index (χ1v) is 6.16. The zero-order valence-corrected chi connectivity index (χ0v) is 11.6. The Morgan fingerprint density at radius 2 is 1.85 bits per heavy atom. The summed E-state index contributed by atoms with van der Waals surface area (Å²) >= 11 is 2.57. The third-order valence-electron chi connectivity index (χ3n) is 2.30. The molecular weight excluding hydrogens is 345 g/mol. The highest BCUT2D eigenvalue weighted by Crippen LogP contribution is 2.35. The van der Waals surface area contributed by atoms with E-state index in [0.717, 1.165) is 0 Å². The molecule has 0 spiro atoms. The molecule has 0 radical (unpaired) electrons. The molecule has 0 saturated carbocycles. The van der Waals surface area contributed by atoms with Crippen molar-refractivity contribution in [2.45, 2.75) is 16.9 Å². The van der Waals surface area contributed by atoms with E-state index in [-0.39, 0.29) is 5.69 Å². The highest BCUT2D eigenvalue weighted by Gasteiger charge is 2.49. The largest absolute Gasteiger partial charge is 0.391 e. The molecule has 1 unspecified atom stereocenters. The van der Waals surface area contributed by atoms with E-state index in [9.17, 15) is 28.1 Å². The molecular formula is C11H10BrF3N2O3. The number of halogens is 4. The minimum atomic E-state index is -4.71. The topological polar surface area (TPSA) is 72.2 Å². The van der Waals surface area contributed by atoms with Crippen molar-refractivity contribution in [2.24, 2.45) is 0 Å². The predicted molar refractivity (Wildman–Crippen MR) is 69.3 cm³/mol. The Morgan fingerprint density at radius 1 is 1.30 bits per heavy atom. The van der Waals surface area contributed by atoms with Crippen molar-refractivity contribution >= 4 is 27.5 Å². The lowest BCUT2D eigenvalue weighted by Crippen LogP contribution is -2.46. The molecule has 0 bridgehead atoms. The van der Waals surface area contributed by atoms with Crippen LogP contribution in [0.4, 0.5) is 18.9 Å². The van der Waals surface area contributed by atoms with Crippen molar-refractivity contribution in [3.8, 4) is 0 Å². The van der Waals surface area contributed by atoms with Gasteiger partial charge in [-0.25, -0.2) is 0 Å². The monoisotopic (exact) mass is 354 g/mol. The Labute approximate surface area is 120 Å². The van der Waals surface area contributed by atoms with Gasteiger partial charge < -0.3 is 5.32 Å². The Hall–Kier alpha value is -1.64. The van der Waals surface area contributed by atoms with Gasteiger partial charge in [-0.1, -0.05) is 34.1 Å². The molecule has 0 aromatic heterocycles. The number of amides is 1. The zero-order chi connectivity index (χ0) is 15.4. The fourth-order valence-electron chi connectivity index (χ4n) is 1.49. The molecule has 1 aromatic carbocycles. The van der Waals surface area contributed by atoms with E-state index in [0.29, 0.717) is 0 Å². The predicted octanol–water partition coefficient (Wildman–Crippen LogP) is 2.99. The summed E-state index contributed by atoms with van der Waals surface area (Å²) in [7, 11) is 0. The van der Waals surface area contributed by atoms with Crippen LogP contribution >= 0.6 is 15.9 Å². The number of hydrogen-bond donors (Lipinski definition) is 1. The summed E-state index contributed by atoms with van der Waals surface area (Å²) in [6.45, 7) is -1.18. The molecule has 1 aromatic rings. The summed E-state index contributed by atoms with van der Waals surface area (Å²) in [6, 6.07) is 7.73. The summed E-state index contributed by atoms with van der Waals surface area (Å²) in [5.41, 5.74) is 0.256. The number of alkyl halides is 4. The third-order valence-corrected chi connectivity index (χ3v) is 3.19. The molecule has 110 valence electrons. The third kappa shape index (κ3) is 5.16. The fraction of sp³-hybridized carbons (Fsp3) is 0.364. The smallest absolute Gasteiger partial charge is 0.325 e. The van der Waals surface area contributed by atoms with E-state index in [1.165, 1.54) is 12.1 Å². The van der Waals surface area contributed by atoms with E-state index in [4.69, 9.17) is 0 Å². The fourth-order valence-corrected chi connectivity index (χ4v) is 2.12. The van der Waals surface area contributed by atoms with E-state index in [1.807, 2.05) is 0 Å². The Kier molecular flexibility index (Phi) is 5.09. The van der Waals surface area contributed by atoms with Crippen molar-refractivity contribution in [1.29, 1.82) is 0 Å². The molecule has 0 aliphatic rings. The van der Waals surface area contributed by atoms with Crippen LogP contribution in [0.25, 0.3) is 0 Å². The number of para-hydroxylation sites is 1. The first-order valence-electron chi connectivity index (χ1n) is 5.36. The molecule has 0 fully saturated rings. The summed E-state index contributed by atoms with van der Waals surface area (Å²) in [5.74, 6) is -1.11. The van der Waals surface area contributed by atoms with Crippen LogP contribution in [-0.4, -0.2) is 27.9 Å². The number of carbonyl (C=O) groups is 1. The normalized spacial score (nSPS) is 14.4. The minimum absolute atomic E-state index is 0.256. The van der Waals surface area contributed by atoms with Gasteiger partial charge in [0.05, 0.1) is 6.42 Å². The van der Waals surface area contributed by atoms with Gasteiger partial charge in [0.2, 0.25) is 12.5 Å². The average molecular weight is 355 g/mol. The Morgan fingerprint density at radius 3 is 2.30 bits per heavy atom. The molecule has 0 aliphatic heterocycles. The molecule has 0 saturated heterocycles. The lowest BCUT2D eigenvalue weighted by molar-refractivity contribution is -0.483. The Balaban J connectivity index is 2.92. The summed E-state index contributed by atoms with van der Waals surface area (Å²) < 4.78 is 35.1. The van der Waals surface area contributed by atoms with E-state index >= 15 is 0 Å². The van der Waals surface area contributed by atoms with Crippen LogP contribution in [-0.2, 0) is 4.79 Å². The highest BCUT2D eigenvalue weighted by atomic mass is 79.9. The van der Waals surface area contributed by atoms with Crippen LogP contribution in [0.3, 0.4) is 0 Å². The van der Waals surface area contributed by atoms with Crippen LogP contribution in [0.2, 0.25) is 0 Å². The Bertz CT molecular complexity index is 495. The quantitative estimate of drug-likeness (QED) is 0.501. The van der Waals surface area contributed by atoms with Crippen molar-refractivity contribution in [1.82, 2.24) is 0 Å². The van der Waals surface area contributed by atoms with E-state index in [1.54, 1.807) is 18.2 Å². The number of nitro groups is 1. The summed E-state index contributed by atoms with van der Waals surface area (Å²) in [6.07, 6.45) is -6.35. The van der Waals surface area contributed by atoms with Gasteiger partial charge in [-0.05, 0) is 12.1 Å². The molecule has 1 amide bonds. The van der Waals surface area contributed by atoms with Crippen LogP contribution in [0.15, 0.2) is 30.3 Å². The number of rotatable bonds is 5. The van der Waals surface area contributed by atoms with Crippen LogP contribution in [0.1, 0.15) is 6.42 Å². The standard InChI is InChI=1S/C11H10BrF3N2O3/c12-10(7-17(19)20,6-11(13,14)15)9(18)16-8-4-2-1-3-5-8/h1-5H,6-7H2,(H,16,18). The summed E-state index contributed by atoms with van der Waals surface area (Å²) in [4.78, 5) is 21.4. The lowest BCUT2D eigenvalue weighted by atomic mass is 10.0. The second-order valence-electron chi connectivity index (χ2n) is 4.07. The van der Waals surface area contributed by atoms with Gasteiger partial charge >= 0.3 is 6.18 Å². The number of hydrogen-bond acceptors (Lipinski definition) is 3.